The fourth-order valence-corrected chi connectivity index (χ4v) is 3.56. The second-order valence-corrected chi connectivity index (χ2v) is 6.73. The number of amides is 1. The number of pyridine rings is 1. The Morgan fingerprint density at radius 2 is 1.96 bits per heavy atom. The number of hydrogen-bond donors (Lipinski definition) is 1. The number of hydrogen-bond acceptors (Lipinski definition) is 5. The first-order valence-corrected chi connectivity index (χ1v) is 9.10. The SMILES string of the molecule is O=C(Cn1ccc(=O)c2ccccc21)NC1CCCN(c2ncccn2)C1. The molecule has 1 aliphatic heterocycles. The molecule has 2 aromatic heterocycles. The normalized spacial score (nSPS) is 17.0. The van der Waals surface area contributed by atoms with Crippen LogP contribution in [0.2, 0.25) is 0 Å². The van der Waals surface area contributed by atoms with Crippen molar-refractivity contribution >= 4 is 22.8 Å². The monoisotopic (exact) mass is 363 g/mol. The van der Waals surface area contributed by atoms with E-state index in [-0.39, 0.29) is 23.9 Å². The van der Waals surface area contributed by atoms with E-state index in [1.807, 2.05) is 22.8 Å². The van der Waals surface area contributed by atoms with Crippen LogP contribution in [0.25, 0.3) is 10.9 Å². The smallest absolute Gasteiger partial charge is 0.240 e. The summed E-state index contributed by atoms with van der Waals surface area (Å²) < 4.78 is 1.81. The van der Waals surface area contributed by atoms with E-state index in [0.29, 0.717) is 17.9 Å². The number of nitrogens with zero attached hydrogens (tertiary/aromatic N) is 4. The number of nitrogens with one attached hydrogen (secondary N) is 1. The molecule has 0 aliphatic carbocycles. The fraction of sp³-hybridized carbons (Fsp3) is 0.300. The predicted octanol–water partition coefficient (Wildman–Crippen LogP) is 1.58. The molecule has 1 N–H and O–H groups in total. The van der Waals surface area contributed by atoms with Gasteiger partial charge in [-0.1, -0.05) is 12.1 Å². The molecule has 0 spiro atoms. The minimum absolute atomic E-state index is 0.0342. The molecular weight excluding hydrogens is 342 g/mol. The molecule has 3 aromatic rings. The number of carbonyl (C=O) groups is 1. The lowest BCUT2D eigenvalue weighted by atomic mass is 10.1. The number of aromatic nitrogens is 3. The van der Waals surface area contributed by atoms with Crippen LogP contribution >= 0.6 is 0 Å². The molecule has 0 radical (unpaired) electrons. The summed E-state index contributed by atoms with van der Waals surface area (Å²) in [7, 11) is 0. The van der Waals surface area contributed by atoms with Crippen LogP contribution in [-0.2, 0) is 11.3 Å². The lowest BCUT2D eigenvalue weighted by molar-refractivity contribution is -0.122. The zero-order valence-electron chi connectivity index (χ0n) is 14.9. The average molecular weight is 363 g/mol. The largest absolute Gasteiger partial charge is 0.350 e. The Morgan fingerprint density at radius 1 is 1.15 bits per heavy atom. The Balaban J connectivity index is 1.44. The van der Waals surface area contributed by atoms with E-state index in [4.69, 9.17) is 0 Å². The van der Waals surface area contributed by atoms with E-state index >= 15 is 0 Å². The summed E-state index contributed by atoms with van der Waals surface area (Å²) in [5, 5.41) is 3.73. The van der Waals surface area contributed by atoms with E-state index in [0.717, 1.165) is 24.9 Å². The van der Waals surface area contributed by atoms with Gasteiger partial charge in [0.05, 0.1) is 5.52 Å². The molecule has 7 heteroatoms. The van der Waals surface area contributed by atoms with Crippen LogP contribution in [0.4, 0.5) is 5.95 Å². The molecule has 0 saturated carbocycles. The van der Waals surface area contributed by atoms with Crippen LogP contribution in [0, 0.1) is 0 Å². The zero-order chi connectivity index (χ0) is 18.6. The van der Waals surface area contributed by atoms with Crippen molar-refractivity contribution < 1.29 is 4.79 Å². The summed E-state index contributed by atoms with van der Waals surface area (Å²) in [5.41, 5.74) is 0.733. The van der Waals surface area contributed by atoms with Crippen molar-refractivity contribution in [3.05, 3.63) is 65.2 Å². The van der Waals surface area contributed by atoms with E-state index < -0.39 is 0 Å². The molecule has 4 rings (SSSR count). The van der Waals surface area contributed by atoms with Crippen molar-refractivity contribution in [1.82, 2.24) is 19.9 Å². The zero-order valence-corrected chi connectivity index (χ0v) is 14.9. The number of benzene rings is 1. The number of carbonyl (C=O) groups excluding carboxylic acids is 1. The van der Waals surface area contributed by atoms with Crippen molar-refractivity contribution in [3.63, 3.8) is 0 Å². The quantitative estimate of drug-likeness (QED) is 0.761. The Kier molecular flexibility index (Phi) is 4.82. The number of para-hydroxylation sites is 1. The van der Waals surface area contributed by atoms with Crippen LogP contribution in [0.3, 0.4) is 0 Å². The van der Waals surface area contributed by atoms with Crippen LogP contribution in [-0.4, -0.2) is 39.6 Å². The molecular formula is C20H21N5O2. The fourth-order valence-electron chi connectivity index (χ4n) is 3.56. The van der Waals surface area contributed by atoms with Gasteiger partial charge in [0.1, 0.15) is 6.54 Å². The Bertz CT molecular complexity index is 1000. The molecule has 7 nitrogen and oxygen atoms in total. The van der Waals surface area contributed by atoms with Gasteiger partial charge in [-0.05, 0) is 31.0 Å². The Hall–Kier alpha value is -3.22. The highest BCUT2D eigenvalue weighted by atomic mass is 16.2. The Labute approximate surface area is 156 Å². The van der Waals surface area contributed by atoms with Gasteiger partial charge in [0.15, 0.2) is 5.43 Å². The summed E-state index contributed by atoms with van der Waals surface area (Å²) in [6.45, 7) is 1.76. The molecule has 1 amide bonds. The van der Waals surface area contributed by atoms with Crippen molar-refractivity contribution in [2.75, 3.05) is 18.0 Å². The van der Waals surface area contributed by atoms with Crippen molar-refractivity contribution in [2.45, 2.75) is 25.4 Å². The molecule has 0 bridgehead atoms. The second-order valence-electron chi connectivity index (χ2n) is 6.73. The molecule has 1 aliphatic rings. The topological polar surface area (TPSA) is 80.1 Å². The third-order valence-electron chi connectivity index (χ3n) is 4.82. The molecule has 138 valence electrons. The first kappa shape index (κ1) is 17.2. The summed E-state index contributed by atoms with van der Waals surface area (Å²) in [6, 6.07) is 10.7. The summed E-state index contributed by atoms with van der Waals surface area (Å²) >= 11 is 0. The minimum atomic E-state index is -0.0652. The molecule has 1 atom stereocenters. The van der Waals surface area contributed by atoms with Crippen molar-refractivity contribution in [1.29, 1.82) is 0 Å². The molecule has 27 heavy (non-hydrogen) atoms. The molecule has 1 unspecified atom stereocenters. The van der Waals surface area contributed by atoms with Crippen molar-refractivity contribution in [3.8, 4) is 0 Å². The van der Waals surface area contributed by atoms with E-state index in [2.05, 4.69) is 20.2 Å². The number of piperidine rings is 1. The standard InChI is InChI=1S/C20H21N5O2/c26-18-8-12-24(17-7-2-1-6-16(17)18)14-19(27)23-15-5-3-11-25(13-15)20-21-9-4-10-22-20/h1-2,4,6-10,12,15H,3,5,11,13-14H2,(H,23,27). The van der Waals surface area contributed by atoms with Gasteiger partial charge in [-0.25, -0.2) is 9.97 Å². The number of rotatable bonds is 4. The van der Waals surface area contributed by atoms with Crippen LogP contribution in [0.1, 0.15) is 12.8 Å². The maximum atomic E-state index is 12.6. The first-order valence-electron chi connectivity index (χ1n) is 9.10. The third-order valence-corrected chi connectivity index (χ3v) is 4.82. The first-order chi connectivity index (χ1) is 13.2. The lowest BCUT2D eigenvalue weighted by Crippen LogP contribution is -2.49. The van der Waals surface area contributed by atoms with Crippen LogP contribution in [0.5, 0.6) is 0 Å². The van der Waals surface area contributed by atoms with Gasteiger partial charge in [-0.3, -0.25) is 9.59 Å². The highest BCUT2D eigenvalue weighted by molar-refractivity contribution is 5.82. The highest BCUT2D eigenvalue weighted by Gasteiger charge is 2.23. The van der Waals surface area contributed by atoms with Gasteiger partial charge in [-0.2, -0.15) is 0 Å². The summed E-state index contributed by atoms with van der Waals surface area (Å²) in [5.74, 6) is 0.632. The number of anilines is 1. The molecule has 1 saturated heterocycles. The minimum Gasteiger partial charge on any atom is -0.350 e. The van der Waals surface area contributed by atoms with E-state index in [9.17, 15) is 9.59 Å². The van der Waals surface area contributed by atoms with Gasteiger partial charge >= 0.3 is 0 Å². The van der Waals surface area contributed by atoms with E-state index in [1.54, 1.807) is 30.7 Å². The van der Waals surface area contributed by atoms with Crippen molar-refractivity contribution in [2.24, 2.45) is 0 Å². The maximum absolute atomic E-state index is 12.6. The average Bonchev–Trinajstić information content (AvgIpc) is 2.71. The van der Waals surface area contributed by atoms with Gasteiger partial charge in [-0.15, -0.1) is 0 Å². The van der Waals surface area contributed by atoms with Gasteiger partial charge in [0.2, 0.25) is 11.9 Å². The summed E-state index contributed by atoms with van der Waals surface area (Å²) in [6.07, 6.45) is 7.04. The summed E-state index contributed by atoms with van der Waals surface area (Å²) in [4.78, 5) is 35.3. The highest BCUT2D eigenvalue weighted by Crippen LogP contribution is 2.15. The van der Waals surface area contributed by atoms with Crippen LogP contribution in [0.15, 0.2) is 59.8 Å². The maximum Gasteiger partial charge on any atom is 0.240 e. The second kappa shape index (κ2) is 7.57. The van der Waals surface area contributed by atoms with Gasteiger partial charge < -0.3 is 14.8 Å². The van der Waals surface area contributed by atoms with E-state index in [1.165, 1.54) is 6.07 Å². The third kappa shape index (κ3) is 3.81. The predicted molar refractivity (Wildman–Crippen MR) is 104 cm³/mol. The van der Waals surface area contributed by atoms with Gasteiger partial charge in [0, 0.05) is 49.2 Å². The Morgan fingerprint density at radius 3 is 2.81 bits per heavy atom. The molecule has 1 fully saturated rings. The lowest BCUT2D eigenvalue weighted by Gasteiger charge is -2.33. The number of fused-ring (bicyclic) bond motifs is 1. The van der Waals surface area contributed by atoms with Gasteiger partial charge in [0.25, 0.3) is 0 Å². The molecule has 3 heterocycles. The van der Waals surface area contributed by atoms with Crippen LogP contribution < -0.4 is 15.6 Å². The molecule has 1 aromatic carbocycles.